The number of aromatic nitrogens is 3. The van der Waals surface area contributed by atoms with E-state index >= 15 is 0 Å². The van der Waals surface area contributed by atoms with Crippen molar-refractivity contribution in [3.63, 3.8) is 0 Å². The number of fused-ring (bicyclic) bond motifs is 1. The Morgan fingerprint density at radius 3 is 3.17 bits per heavy atom. The van der Waals surface area contributed by atoms with Crippen LogP contribution in [0.15, 0.2) is 18.3 Å². The number of aromatic hydroxyl groups is 1. The summed E-state index contributed by atoms with van der Waals surface area (Å²) in [5.74, 6) is 1.74. The van der Waals surface area contributed by atoms with Crippen LogP contribution >= 0.6 is 0 Å². The predicted octanol–water partition coefficient (Wildman–Crippen LogP) is 1.32. The number of piperidine rings is 1. The van der Waals surface area contributed by atoms with Crippen LogP contribution in [-0.4, -0.2) is 44.7 Å². The van der Waals surface area contributed by atoms with E-state index in [-0.39, 0.29) is 5.75 Å². The fraction of sp³-hybridized carbons (Fsp3) is 0.538. The average Bonchev–Trinajstić information content (AvgIpc) is 2.70. The molecule has 0 spiro atoms. The molecule has 5 nitrogen and oxygen atoms in total. The third-order valence-corrected chi connectivity index (χ3v) is 3.55. The van der Waals surface area contributed by atoms with Gasteiger partial charge in [-0.15, -0.1) is 0 Å². The lowest BCUT2D eigenvalue weighted by atomic mass is 9.95. The third-order valence-electron chi connectivity index (χ3n) is 3.55. The van der Waals surface area contributed by atoms with Crippen molar-refractivity contribution in [2.45, 2.75) is 19.3 Å². The van der Waals surface area contributed by atoms with Crippen molar-refractivity contribution in [3.8, 4) is 5.75 Å². The first-order valence-corrected chi connectivity index (χ1v) is 6.43. The van der Waals surface area contributed by atoms with Crippen LogP contribution < -0.4 is 0 Å². The molecule has 5 heteroatoms. The minimum absolute atomic E-state index is 0.219. The molecular formula is C13H18N4O. The fourth-order valence-corrected chi connectivity index (χ4v) is 2.70. The van der Waals surface area contributed by atoms with Crippen molar-refractivity contribution in [2.24, 2.45) is 5.92 Å². The fourth-order valence-electron chi connectivity index (χ4n) is 2.70. The highest BCUT2D eigenvalue weighted by molar-refractivity contribution is 5.40. The van der Waals surface area contributed by atoms with Crippen molar-refractivity contribution < 1.29 is 5.11 Å². The van der Waals surface area contributed by atoms with Gasteiger partial charge in [0.25, 0.3) is 0 Å². The Balaban J connectivity index is 1.78. The molecule has 1 aliphatic rings. The zero-order chi connectivity index (χ0) is 12.5. The minimum Gasteiger partial charge on any atom is -0.506 e. The van der Waals surface area contributed by atoms with E-state index in [0.29, 0.717) is 5.92 Å². The molecular weight excluding hydrogens is 228 g/mol. The molecule has 0 bridgehead atoms. The van der Waals surface area contributed by atoms with Crippen molar-refractivity contribution >= 4 is 5.65 Å². The maximum Gasteiger partial charge on any atom is 0.155 e. The Labute approximate surface area is 106 Å². The van der Waals surface area contributed by atoms with E-state index in [9.17, 15) is 5.11 Å². The summed E-state index contributed by atoms with van der Waals surface area (Å²) in [6, 6.07) is 3.43. The maximum absolute atomic E-state index is 9.40. The molecule has 2 aromatic heterocycles. The van der Waals surface area contributed by atoms with Gasteiger partial charge in [-0.1, -0.05) is 0 Å². The number of pyridine rings is 1. The Morgan fingerprint density at radius 1 is 1.44 bits per heavy atom. The molecule has 1 aliphatic heterocycles. The van der Waals surface area contributed by atoms with Crippen LogP contribution in [0.25, 0.3) is 5.65 Å². The van der Waals surface area contributed by atoms with Gasteiger partial charge in [-0.05, 0) is 44.5 Å². The summed E-state index contributed by atoms with van der Waals surface area (Å²) in [6.45, 7) is 2.32. The van der Waals surface area contributed by atoms with E-state index in [1.807, 2.05) is 0 Å². The van der Waals surface area contributed by atoms with Crippen LogP contribution in [0.3, 0.4) is 0 Å². The van der Waals surface area contributed by atoms with Crippen LogP contribution in [0.2, 0.25) is 0 Å². The standard InChI is InChI=1S/C13H18N4O/c1-16-6-2-3-10(8-16)7-12-14-13-5-4-11(18)9-17(13)15-12/h4-5,9-10,18H,2-3,6-8H2,1H3. The average molecular weight is 246 g/mol. The van der Waals surface area contributed by atoms with Gasteiger partial charge in [-0.25, -0.2) is 9.50 Å². The maximum atomic E-state index is 9.40. The van der Waals surface area contributed by atoms with Gasteiger partial charge in [0, 0.05) is 13.0 Å². The zero-order valence-corrected chi connectivity index (χ0v) is 10.6. The molecule has 3 rings (SSSR count). The quantitative estimate of drug-likeness (QED) is 0.868. The van der Waals surface area contributed by atoms with E-state index in [0.717, 1.165) is 24.4 Å². The Morgan fingerprint density at radius 2 is 2.33 bits per heavy atom. The first-order chi connectivity index (χ1) is 8.70. The second kappa shape index (κ2) is 4.57. The second-order valence-corrected chi connectivity index (χ2v) is 5.19. The monoisotopic (exact) mass is 246 g/mol. The molecule has 1 fully saturated rings. The van der Waals surface area contributed by atoms with E-state index in [1.54, 1.807) is 22.8 Å². The molecule has 96 valence electrons. The normalized spacial score (nSPS) is 21.5. The molecule has 0 aliphatic carbocycles. The van der Waals surface area contributed by atoms with Gasteiger partial charge in [0.2, 0.25) is 0 Å². The second-order valence-electron chi connectivity index (χ2n) is 5.19. The third kappa shape index (κ3) is 2.31. The molecule has 1 atom stereocenters. The van der Waals surface area contributed by atoms with Gasteiger partial charge in [0.1, 0.15) is 5.75 Å². The Hall–Kier alpha value is -1.62. The predicted molar refractivity (Wildman–Crippen MR) is 68.6 cm³/mol. The van der Waals surface area contributed by atoms with Gasteiger partial charge < -0.3 is 10.0 Å². The van der Waals surface area contributed by atoms with E-state index in [2.05, 4.69) is 22.0 Å². The van der Waals surface area contributed by atoms with Crippen molar-refractivity contribution in [1.82, 2.24) is 19.5 Å². The minimum atomic E-state index is 0.219. The lowest BCUT2D eigenvalue weighted by Crippen LogP contribution is -2.33. The van der Waals surface area contributed by atoms with Gasteiger partial charge in [-0.2, -0.15) is 5.10 Å². The van der Waals surface area contributed by atoms with Crippen molar-refractivity contribution in [1.29, 1.82) is 0 Å². The van der Waals surface area contributed by atoms with Gasteiger partial charge >= 0.3 is 0 Å². The Kier molecular flexibility index (Phi) is 2.91. The molecule has 0 radical (unpaired) electrons. The number of nitrogens with zero attached hydrogens (tertiary/aromatic N) is 4. The number of likely N-dealkylation sites (tertiary alicyclic amines) is 1. The van der Waals surface area contributed by atoms with E-state index in [4.69, 9.17) is 0 Å². The van der Waals surface area contributed by atoms with Crippen LogP contribution in [0, 0.1) is 5.92 Å². The highest BCUT2D eigenvalue weighted by Gasteiger charge is 2.19. The van der Waals surface area contributed by atoms with Crippen molar-refractivity contribution in [3.05, 3.63) is 24.2 Å². The molecule has 0 amide bonds. The van der Waals surface area contributed by atoms with Gasteiger partial charge in [0.15, 0.2) is 11.5 Å². The molecule has 18 heavy (non-hydrogen) atoms. The highest BCUT2D eigenvalue weighted by atomic mass is 16.3. The molecule has 0 aromatic carbocycles. The summed E-state index contributed by atoms with van der Waals surface area (Å²) < 4.78 is 1.65. The van der Waals surface area contributed by atoms with Gasteiger partial charge in [-0.3, -0.25) is 0 Å². The van der Waals surface area contributed by atoms with E-state index < -0.39 is 0 Å². The lowest BCUT2D eigenvalue weighted by molar-refractivity contribution is 0.207. The summed E-state index contributed by atoms with van der Waals surface area (Å²) in [7, 11) is 2.17. The smallest absolute Gasteiger partial charge is 0.155 e. The zero-order valence-electron chi connectivity index (χ0n) is 10.6. The largest absolute Gasteiger partial charge is 0.506 e. The molecule has 1 saturated heterocycles. The molecule has 2 aromatic rings. The SMILES string of the molecule is CN1CCCC(Cc2nc3ccc(O)cn3n2)C1. The summed E-state index contributed by atoms with van der Waals surface area (Å²) in [6.07, 6.45) is 5.03. The van der Waals surface area contributed by atoms with Crippen LogP contribution in [0.1, 0.15) is 18.7 Å². The highest BCUT2D eigenvalue weighted by Crippen LogP contribution is 2.19. The number of rotatable bonds is 2. The summed E-state index contributed by atoms with van der Waals surface area (Å²) >= 11 is 0. The molecule has 3 heterocycles. The molecule has 0 saturated carbocycles. The van der Waals surface area contributed by atoms with Crippen LogP contribution in [0.5, 0.6) is 5.75 Å². The summed E-state index contributed by atoms with van der Waals surface area (Å²) in [4.78, 5) is 6.87. The topological polar surface area (TPSA) is 53.7 Å². The van der Waals surface area contributed by atoms with Crippen molar-refractivity contribution in [2.75, 3.05) is 20.1 Å². The Bertz CT molecular complexity index is 551. The molecule has 1 unspecified atom stereocenters. The first-order valence-electron chi connectivity index (χ1n) is 6.43. The number of hydrogen-bond donors (Lipinski definition) is 1. The summed E-state index contributed by atoms with van der Waals surface area (Å²) in [5.41, 5.74) is 0.798. The summed E-state index contributed by atoms with van der Waals surface area (Å²) in [5, 5.41) is 13.8. The van der Waals surface area contributed by atoms with Gasteiger partial charge in [0.05, 0.1) is 6.20 Å². The van der Waals surface area contributed by atoms with E-state index in [1.165, 1.54) is 19.4 Å². The van der Waals surface area contributed by atoms with Crippen LogP contribution in [-0.2, 0) is 6.42 Å². The van der Waals surface area contributed by atoms with Crippen LogP contribution in [0.4, 0.5) is 0 Å². The lowest BCUT2D eigenvalue weighted by Gasteiger charge is -2.28. The number of hydrogen-bond acceptors (Lipinski definition) is 4. The molecule has 1 N–H and O–H groups in total. The first kappa shape index (κ1) is 11.5.